The molecule has 0 radical (unpaired) electrons. The fourth-order valence-electron chi connectivity index (χ4n) is 2.10. The molecule has 0 aliphatic heterocycles. The molecular weight excluding hydrogens is 335 g/mol. The van der Waals surface area contributed by atoms with Crippen LogP contribution in [0.5, 0.6) is 0 Å². The molecule has 0 aromatic heterocycles. The molecule has 1 amide bonds. The summed E-state index contributed by atoms with van der Waals surface area (Å²) < 4.78 is 64.2. The van der Waals surface area contributed by atoms with Crippen molar-refractivity contribution in [3.8, 4) is 0 Å². The van der Waals surface area contributed by atoms with Gasteiger partial charge in [-0.25, -0.2) is 8.42 Å². The molecule has 6 nitrogen and oxygen atoms in total. The molecule has 0 unspecified atom stereocenters. The lowest BCUT2D eigenvalue weighted by atomic mass is 10.0. The molecule has 2 rings (SSSR count). The highest BCUT2D eigenvalue weighted by atomic mass is 32.2. The van der Waals surface area contributed by atoms with Crippen molar-refractivity contribution in [1.82, 2.24) is 0 Å². The van der Waals surface area contributed by atoms with E-state index >= 15 is 0 Å². The highest BCUT2D eigenvalue weighted by Gasteiger charge is 2.44. The van der Waals surface area contributed by atoms with Crippen LogP contribution in [0.25, 0.3) is 0 Å². The average Bonchev–Trinajstić information content (AvgIpc) is 3.20. The number of carbonyl (C=O) groups is 1. The summed E-state index contributed by atoms with van der Waals surface area (Å²) >= 11 is 0. The summed E-state index contributed by atoms with van der Waals surface area (Å²) in [5.74, 6) is -1.67. The number of rotatable bonds is 3. The zero-order valence-corrected chi connectivity index (χ0v) is 12.8. The van der Waals surface area contributed by atoms with Gasteiger partial charge in [-0.1, -0.05) is 0 Å². The van der Waals surface area contributed by atoms with Crippen LogP contribution in [0.15, 0.2) is 22.0 Å². The van der Waals surface area contributed by atoms with E-state index < -0.39 is 49.2 Å². The molecule has 126 valence electrons. The molecule has 0 spiro atoms. The van der Waals surface area contributed by atoms with Crippen molar-refractivity contribution in [1.29, 1.82) is 0 Å². The van der Waals surface area contributed by atoms with E-state index in [9.17, 15) is 26.4 Å². The summed E-state index contributed by atoms with van der Waals surface area (Å²) in [5, 5.41) is -0.803. The van der Waals surface area contributed by atoms with Crippen LogP contribution in [-0.2, 0) is 16.0 Å². The summed E-state index contributed by atoms with van der Waals surface area (Å²) in [6.07, 6.45) is -4.28. The summed E-state index contributed by atoms with van der Waals surface area (Å²) in [7, 11) is -4.08. The topological polar surface area (TPSA) is 116 Å². The number of carbonyl (C=O) groups excluding carboxylic acids is 1. The van der Waals surface area contributed by atoms with Gasteiger partial charge in [-0.2, -0.15) is 18.2 Å². The highest BCUT2D eigenvalue weighted by molar-refractivity contribution is 7.92. The van der Waals surface area contributed by atoms with Gasteiger partial charge >= 0.3 is 6.18 Å². The van der Waals surface area contributed by atoms with Gasteiger partial charge in [0, 0.05) is 5.56 Å². The van der Waals surface area contributed by atoms with Gasteiger partial charge in [-0.15, -0.1) is 0 Å². The summed E-state index contributed by atoms with van der Waals surface area (Å²) in [6.45, 7) is 1.32. The van der Waals surface area contributed by atoms with Crippen LogP contribution in [-0.4, -0.2) is 25.5 Å². The Balaban J connectivity index is 2.69. The van der Waals surface area contributed by atoms with Crippen molar-refractivity contribution in [3.05, 3.63) is 28.8 Å². The number of guanidine groups is 1. The van der Waals surface area contributed by atoms with Gasteiger partial charge in [-0.05, 0) is 37.5 Å². The smallest absolute Gasteiger partial charge is 0.370 e. The molecule has 0 saturated heterocycles. The summed E-state index contributed by atoms with van der Waals surface area (Å²) in [5.41, 5.74) is 8.34. The van der Waals surface area contributed by atoms with E-state index in [-0.39, 0.29) is 5.56 Å². The Kier molecular flexibility index (Phi) is 4.14. The standard InChI is InChI=1S/C13H14F3N3O3S/c1-6-4-10(23(21,22)7-2-3-7)9(13(14,15)16)5-8(6)11(20)19-12(17)18/h4-5,7H,2-3H2,1H3,(H4,17,18,19,20). The third kappa shape index (κ3) is 3.46. The second-order valence-corrected chi connectivity index (χ2v) is 7.44. The molecule has 23 heavy (non-hydrogen) atoms. The molecule has 1 fully saturated rings. The largest absolute Gasteiger partial charge is 0.417 e. The van der Waals surface area contributed by atoms with Crippen molar-refractivity contribution in [3.63, 3.8) is 0 Å². The van der Waals surface area contributed by atoms with Crippen molar-refractivity contribution < 1.29 is 26.4 Å². The van der Waals surface area contributed by atoms with E-state index in [0.29, 0.717) is 18.9 Å². The Morgan fingerprint density at radius 1 is 1.26 bits per heavy atom. The van der Waals surface area contributed by atoms with Crippen molar-refractivity contribution >= 4 is 21.7 Å². The van der Waals surface area contributed by atoms with Gasteiger partial charge < -0.3 is 11.5 Å². The van der Waals surface area contributed by atoms with Gasteiger partial charge in [0.15, 0.2) is 15.8 Å². The van der Waals surface area contributed by atoms with E-state index in [1.165, 1.54) is 6.92 Å². The van der Waals surface area contributed by atoms with Crippen LogP contribution in [0.3, 0.4) is 0 Å². The predicted octanol–water partition coefficient (Wildman–Crippen LogP) is 1.36. The number of amides is 1. The molecular formula is C13H14F3N3O3S. The van der Waals surface area contributed by atoms with Crippen molar-refractivity contribution in [2.24, 2.45) is 16.5 Å². The second-order valence-electron chi connectivity index (χ2n) is 5.25. The molecule has 0 heterocycles. The monoisotopic (exact) mass is 349 g/mol. The Hall–Kier alpha value is -2.10. The van der Waals surface area contributed by atoms with E-state index in [0.717, 1.165) is 6.07 Å². The van der Waals surface area contributed by atoms with Crippen LogP contribution < -0.4 is 11.5 Å². The number of nitrogens with two attached hydrogens (primary N) is 2. The maximum absolute atomic E-state index is 13.2. The Morgan fingerprint density at radius 2 is 1.83 bits per heavy atom. The number of nitrogens with zero attached hydrogens (tertiary/aromatic N) is 1. The van der Waals surface area contributed by atoms with Crippen LogP contribution in [0.2, 0.25) is 0 Å². The van der Waals surface area contributed by atoms with Gasteiger partial charge in [0.2, 0.25) is 0 Å². The Morgan fingerprint density at radius 3 is 2.26 bits per heavy atom. The van der Waals surface area contributed by atoms with Crippen LogP contribution in [0.4, 0.5) is 13.2 Å². The Labute approximate surface area is 130 Å². The fourth-order valence-corrected chi connectivity index (χ4v) is 4.04. The van der Waals surface area contributed by atoms with E-state index in [1.54, 1.807) is 0 Å². The lowest BCUT2D eigenvalue weighted by Crippen LogP contribution is -2.24. The number of hydrogen-bond acceptors (Lipinski definition) is 3. The molecule has 4 N–H and O–H groups in total. The average molecular weight is 349 g/mol. The minimum atomic E-state index is -4.93. The van der Waals surface area contributed by atoms with Crippen molar-refractivity contribution in [2.45, 2.75) is 36.1 Å². The number of sulfone groups is 1. The number of alkyl halides is 3. The van der Waals surface area contributed by atoms with Gasteiger partial charge in [0.05, 0.1) is 15.7 Å². The van der Waals surface area contributed by atoms with Crippen LogP contribution in [0.1, 0.15) is 34.3 Å². The van der Waals surface area contributed by atoms with E-state index in [4.69, 9.17) is 11.5 Å². The summed E-state index contributed by atoms with van der Waals surface area (Å²) in [4.78, 5) is 14.2. The van der Waals surface area contributed by atoms with Crippen molar-refractivity contribution in [2.75, 3.05) is 0 Å². The Bertz CT molecular complexity index is 793. The first-order chi connectivity index (χ1) is 10.4. The summed E-state index contributed by atoms with van der Waals surface area (Å²) in [6, 6.07) is 1.34. The first kappa shape index (κ1) is 17.3. The van der Waals surface area contributed by atoms with Crippen LogP contribution >= 0.6 is 0 Å². The predicted molar refractivity (Wildman–Crippen MR) is 76.5 cm³/mol. The second kappa shape index (κ2) is 5.52. The van der Waals surface area contributed by atoms with E-state index in [1.807, 2.05) is 0 Å². The quantitative estimate of drug-likeness (QED) is 0.631. The molecule has 1 aliphatic rings. The third-order valence-corrected chi connectivity index (χ3v) is 5.66. The highest BCUT2D eigenvalue weighted by Crippen LogP contribution is 2.41. The molecule has 0 bridgehead atoms. The third-order valence-electron chi connectivity index (χ3n) is 3.36. The number of hydrogen-bond donors (Lipinski definition) is 2. The molecule has 1 saturated carbocycles. The molecule has 1 aromatic rings. The SMILES string of the molecule is Cc1cc(S(=O)(=O)C2CC2)c(C(F)(F)F)cc1C(=O)N=C(N)N. The normalized spacial score (nSPS) is 15.3. The number of benzene rings is 1. The minimum Gasteiger partial charge on any atom is -0.370 e. The molecule has 0 atom stereocenters. The van der Waals surface area contributed by atoms with E-state index in [2.05, 4.69) is 4.99 Å². The van der Waals surface area contributed by atoms with Gasteiger partial charge in [0.25, 0.3) is 5.91 Å². The van der Waals surface area contributed by atoms with Gasteiger partial charge in [-0.3, -0.25) is 4.79 Å². The fraction of sp³-hybridized carbons (Fsp3) is 0.385. The maximum Gasteiger partial charge on any atom is 0.417 e. The molecule has 1 aliphatic carbocycles. The molecule has 10 heteroatoms. The number of aliphatic imine (C=N–C) groups is 1. The number of halogens is 3. The first-order valence-corrected chi connectivity index (χ1v) is 8.09. The maximum atomic E-state index is 13.2. The lowest BCUT2D eigenvalue weighted by molar-refractivity contribution is -0.139. The lowest BCUT2D eigenvalue weighted by Gasteiger charge is -2.16. The van der Waals surface area contributed by atoms with Crippen LogP contribution in [0, 0.1) is 6.92 Å². The zero-order chi connectivity index (χ0) is 17.6. The minimum absolute atomic E-state index is 0.0484. The first-order valence-electron chi connectivity index (χ1n) is 6.54. The number of aryl methyl sites for hydroxylation is 1. The zero-order valence-electron chi connectivity index (χ0n) is 12.0. The van der Waals surface area contributed by atoms with Gasteiger partial charge in [0.1, 0.15) is 0 Å². The molecule has 1 aromatic carbocycles.